The summed E-state index contributed by atoms with van der Waals surface area (Å²) < 4.78 is 6.65. The quantitative estimate of drug-likeness (QED) is 0.928. The van der Waals surface area contributed by atoms with E-state index >= 15 is 0 Å². The van der Waals surface area contributed by atoms with Gasteiger partial charge >= 0.3 is 12.0 Å². The Bertz CT molecular complexity index is 612. The molecule has 1 N–H and O–H groups in total. The van der Waals surface area contributed by atoms with E-state index in [4.69, 9.17) is 21.4 Å². The van der Waals surface area contributed by atoms with Crippen LogP contribution < -0.4 is 4.74 Å². The van der Waals surface area contributed by atoms with Crippen molar-refractivity contribution in [1.82, 2.24) is 14.8 Å². The van der Waals surface area contributed by atoms with Crippen molar-refractivity contribution in [3.8, 4) is 11.7 Å². The summed E-state index contributed by atoms with van der Waals surface area (Å²) >= 11 is 5.91. The summed E-state index contributed by atoms with van der Waals surface area (Å²) in [5.74, 6) is -0.494. The highest BCUT2D eigenvalue weighted by Gasteiger charge is 2.17. The first-order chi connectivity index (χ1) is 8.97. The van der Waals surface area contributed by atoms with Crippen molar-refractivity contribution in [3.05, 3.63) is 35.1 Å². The van der Waals surface area contributed by atoms with Crippen LogP contribution in [0.3, 0.4) is 0 Å². The maximum atomic E-state index is 10.7. The van der Waals surface area contributed by atoms with E-state index in [0.29, 0.717) is 10.8 Å². The van der Waals surface area contributed by atoms with Crippen molar-refractivity contribution in [1.29, 1.82) is 0 Å². The smallest absolute Gasteiger partial charge is 0.344 e. The summed E-state index contributed by atoms with van der Waals surface area (Å²) in [6.07, 6.45) is -1.00. The third kappa shape index (κ3) is 3.03. The lowest BCUT2D eigenvalue weighted by Crippen LogP contribution is -2.23. The van der Waals surface area contributed by atoms with E-state index in [1.807, 2.05) is 6.07 Å². The molecule has 7 heteroatoms. The van der Waals surface area contributed by atoms with Gasteiger partial charge in [-0.1, -0.05) is 17.7 Å². The van der Waals surface area contributed by atoms with Crippen LogP contribution in [0.1, 0.15) is 12.7 Å². The van der Waals surface area contributed by atoms with Crippen molar-refractivity contribution in [3.63, 3.8) is 0 Å². The largest absolute Gasteiger partial charge is 0.479 e. The molecule has 0 spiro atoms. The summed E-state index contributed by atoms with van der Waals surface area (Å²) in [5, 5.41) is 13.5. The standard InChI is InChI=1S/C12H12ClN3O3/c1-7(11(17)18)19-12-14-8(2)16(15-12)10-5-3-4-9(13)6-10/h3-7H,1-2H3,(H,17,18). The lowest BCUT2D eigenvalue weighted by Gasteiger charge is -2.05. The first kappa shape index (κ1) is 13.4. The van der Waals surface area contributed by atoms with E-state index in [1.165, 1.54) is 11.6 Å². The van der Waals surface area contributed by atoms with Gasteiger partial charge in [0, 0.05) is 5.02 Å². The number of ether oxygens (including phenoxy) is 1. The van der Waals surface area contributed by atoms with Crippen molar-refractivity contribution in [2.75, 3.05) is 0 Å². The number of hydrogen-bond donors (Lipinski definition) is 1. The maximum absolute atomic E-state index is 10.7. The van der Waals surface area contributed by atoms with Crippen LogP contribution in [-0.4, -0.2) is 31.9 Å². The Balaban J connectivity index is 2.29. The lowest BCUT2D eigenvalue weighted by molar-refractivity contribution is -0.144. The molecule has 0 saturated carbocycles. The van der Waals surface area contributed by atoms with Gasteiger partial charge < -0.3 is 9.84 Å². The van der Waals surface area contributed by atoms with E-state index < -0.39 is 12.1 Å². The Hall–Kier alpha value is -2.08. The fraction of sp³-hybridized carbons (Fsp3) is 0.250. The Labute approximate surface area is 114 Å². The molecule has 1 unspecified atom stereocenters. The molecule has 2 aromatic rings. The zero-order valence-corrected chi connectivity index (χ0v) is 11.1. The number of rotatable bonds is 4. The molecular weight excluding hydrogens is 270 g/mol. The molecule has 2 rings (SSSR count). The molecule has 0 fully saturated rings. The number of aromatic nitrogens is 3. The molecule has 6 nitrogen and oxygen atoms in total. The number of aliphatic carboxylic acids is 1. The predicted octanol–water partition coefficient (Wildman–Crippen LogP) is 2.08. The highest BCUT2D eigenvalue weighted by molar-refractivity contribution is 6.30. The molecule has 1 heterocycles. The number of carboxylic acids is 1. The molecule has 0 saturated heterocycles. The van der Waals surface area contributed by atoms with E-state index in [0.717, 1.165) is 5.69 Å². The van der Waals surface area contributed by atoms with Crippen LogP contribution in [0.2, 0.25) is 5.02 Å². The van der Waals surface area contributed by atoms with Crippen molar-refractivity contribution < 1.29 is 14.6 Å². The maximum Gasteiger partial charge on any atom is 0.344 e. The first-order valence-corrected chi connectivity index (χ1v) is 5.94. The Kier molecular flexibility index (Phi) is 3.71. The Morgan fingerprint density at radius 1 is 1.53 bits per heavy atom. The predicted molar refractivity (Wildman–Crippen MR) is 68.8 cm³/mol. The molecular formula is C12H12ClN3O3. The van der Waals surface area contributed by atoms with E-state index in [1.54, 1.807) is 25.1 Å². The van der Waals surface area contributed by atoms with Crippen LogP contribution in [0.15, 0.2) is 24.3 Å². The average Bonchev–Trinajstić information content (AvgIpc) is 2.70. The molecule has 1 atom stereocenters. The van der Waals surface area contributed by atoms with Gasteiger partial charge in [0.1, 0.15) is 5.82 Å². The highest BCUT2D eigenvalue weighted by Crippen LogP contribution is 2.17. The molecule has 1 aromatic carbocycles. The number of carboxylic acid groups (broad SMARTS) is 1. The summed E-state index contributed by atoms with van der Waals surface area (Å²) in [4.78, 5) is 14.8. The molecule has 100 valence electrons. The van der Waals surface area contributed by atoms with Gasteiger partial charge in [0.05, 0.1) is 5.69 Å². The fourth-order valence-electron chi connectivity index (χ4n) is 1.48. The van der Waals surface area contributed by atoms with Gasteiger partial charge in [0.2, 0.25) is 0 Å². The number of nitrogens with zero attached hydrogens (tertiary/aromatic N) is 3. The van der Waals surface area contributed by atoms with Crippen LogP contribution in [0.4, 0.5) is 0 Å². The van der Waals surface area contributed by atoms with Crippen molar-refractivity contribution in [2.45, 2.75) is 20.0 Å². The normalized spacial score (nSPS) is 12.2. The van der Waals surface area contributed by atoms with Gasteiger partial charge in [-0.15, -0.1) is 5.10 Å². The summed E-state index contributed by atoms with van der Waals surface area (Å²) in [6.45, 7) is 3.16. The number of aryl methyl sites for hydroxylation is 1. The lowest BCUT2D eigenvalue weighted by atomic mass is 10.3. The second-order valence-corrected chi connectivity index (χ2v) is 4.37. The molecule has 0 radical (unpaired) electrons. The number of halogens is 1. The zero-order chi connectivity index (χ0) is 14.0. The van der Waals surface area contributed by atoms with E-state index in [-0.39, 0.29) is 6.01 Å². The van der Waals surface area contributed by atoms with Crippen LogP contribution in [0.5, 0.6) is 6.01 Å². The van der Waals surface area contributed by atoms with E-state index in [2.05, 4.69) is 10.1 Å². The van der Waals surface area contributed by atoms with Crippen LogP contribution in [-0.2, 0) is 4.79 Å². The van der Waals surface area contributed by atoms with E-state index in [9.17, 15) is 4.79 Å². The van der Waals surface area contributed by atoms with Crippen LogP contribution in [0, 0.1) is 6.92 Å². The summed E-state index contributed by atoms with van der Waals surface area (Å²) in [6, 6.07) is 7.11. The number of carbonyl (C=O) groups is 1. The van der Waals surface area contributed by atoms with Crippen LogP contribution >= 0.6 is 11.6 Å². The number of hydrogen-bond acceptors (Lipinski definition) is 4. The van der Waals surface area contributed by atoms with Gasteiger partial charge in [0.15, 0.2) is 6.10 Å². The van der Waals surface area contributed by atoms with Crippen molar-refractivity contribution >= 4 is 17.6 Å². The minimum Gasteiger partial charge on any atom is -0.479 e. The second-order valence-electron chi connectivity index (χ2n) is 3.93. The molecule has 1 aromatic heterocycles. The third-order valence-electron chi connectivity index (χ3n) is 2.43. The van der Waals surface area contributed by atoms with Gasteiger partial charge in [-0.05, 0) is 32.0 Å². The van der Waals surface area contributed by atoms with Crippen LogP contribution in [0.25, 0.3) is 5.69 Å². The SMILES string of the molecule is Cc1nc(OC(C)C(=O)O)nn1-c1cccc(Cl)c1. The van der Waals surface area contributed by atoms with Crippen molar-refractivity contribution in [2.24, 2.45) is 0 Å². The molecule has 0 aliphatic carbocycles. The Morgan fingerprint density at radius 2 is 2.26 bits per heavy atom. The number of benzene rings is 1. The molecule has 0 bridgehead atoms. The Morgan fingerprint density at radius 3 is 2.89 bits per heavy atom. The minimum absolute atomic E-state index is 0.0207. The zero-order valence-electron chi connectivity index (χ0n) is 10.4. The highest BCUT2D eigenvalue weighted by atomic mass is 35.5. The van der Waals surface area contributed by atoms with Gasteiger partial charge in [-0.25, -0.2) is 9.48 Å². The van der Waals surface area contributed by atoms with Gasteiger partial charge in [-0.2, -0.15) is 4.98 Å². The molecule has 0 amide bonds. The van der Waals surface area contributed by atoms with Gasteiger partial charge in [0.25, 0.3) is 0 Å². The van der Waals surface area contributed by atoms with Gasteiger partial charge in [-0.3, -0.25) is 0 Å². The summed E-state index contributed by atoms with van der Waals surface area (Å²) in [7, 11) is 0. The minimum atomic E-state index is -1.07. The second kappa shape index (κ2) is 5.27. The fourth-order valence-corrected chi connectivity index (χ4v) is 1.66. The summed E-state index contributed by atoms with van der Waals surface area (Å²) in [5.41, 5.74) is 0.732. The monoisotopic (exact) mass is 281 g/mol. The molecule has 19 heavy (non-hydrogen) atoms. The topological polar surface area (TPSA) is 77.2 Å². The third-order valence-corrected chi connectivity index (χ3v) is 2.67. The first-order valence-electron chi connectivity index (χ1n) is 5.56. The molecule has 0 aliphatic rings. The molecule has 0 aliphatic heterocycles. The average molecular weight is 282 g/mol.